The molecule has 2 aromatic carbocycles. The minimum atomic E-state index is -0.0574. The summed E-state index contributed by atoms with van der Waals surface area (Å²) >= 11 is 0. The van der Waals surface area contributed by atoms with E-state index in [0.717, 1.165) is 29.6 Å². The number of carbonyl (C=O) groups excluding carboxylic acids is 1. The second-order valence-corrected chi connectivity index (χ2v) is 6.17. The van der Waals surface area contributed by atoms with E-state index in [0.29, 0.717) is 18.8 Å². The first kappa shape index (κ1) is 15.6. The lowest BCUT2D eigenvalue weighted by Crippen LogP contribution is -2.33. The van der Waals surface area contributed by atoms with E-state index in [1.165, 1.54) is 11.1 Å². The molecule has 0 radical (unpaired) electrons. The zero-order chi connectivity index (χ0) is 17.2. The van der Waals surface area contributed by atoms with Crippen molar-refractivity contribution in [2.24, 2.45) is 0 Å². The lowest BCUT2D eigenvalue weighted by molar-refractivity contribution is 0.0757. The number of methoxy groups -OCH3 is 1. The lowest BCUT2D eigenvalue weighted by atomic mass is 10.0. The predicted molar refractivity (Wildman–Crippen MR) is 95.8 cm³/mol. The molecule has 0 saturated carbocycles. The van der Waals surface area contributed by atoms with Crippen LogP contribution in [0.3, 0.4) is 0 Å². The minimum Gasteiger partial charge on any atom is -0.497 e. The molecule has 0 spiro atoms. The summed E-state index contributed by atoms with van der Waals surface area (Å²) in [5.41, 5.74) is 4.48. The van der Waals surface area contributed by atoms with Crippen LogP contribution in [-0.2, 0) is 12.8 Å². The van der Waals surface area contributed by atoms with Crippen LogP contribution in [0.25, 0.3) is 11.0 Å². The van der Waals surface area contributed by atoms with Gasteiger partial charge in [0.15, 0.2) is 0 Å². The molecule has 0 bridgehead atoms. The number of hydrogen-bond acceptors (Lipinski definition) is 4. The molecule has 0 aliphatic carbocycles. The molecule has 1 aliphatic heterocycles. The summed E-state index contributed by atoms with van der Waals surface area (Å²) in [5.74, 6) is 0.803. The van der Waals surface area contributed by atoms with Gasteiger partial charge in [0.05, 0.1) is 24.3 Å². The van der Waals surface area contributed by atoms with Crippen molar-refractivity contribution in [1.82, 2.24) is 14.9 Å². The topological polar surface area (TPSA) is 55.3 Å². The lowest BCUT2D eigenvalue weighted by Gasteiger charge is -2.19. The molecule has 0 unspecified atom stereocenters. The summed E-state index contributed by atoms with van der Waals surface area (Å²) in [6, 6.07) is 13.7. The SMILES string of the molecule is COc1ccc2c(c1)CCN(C(=O)c1cnc3ccccc3n1)CC2. The molecule has 25 heavy (non-hydrogen) atoms. The monoisotopic (exact) mass is 333 g/mol. The van der Waals surface area contributed by atoms with Gasteiger partial charge in [-0.1, -0.05) is 18.2 Å². The Balaban J connectivity index is 1.56. The summed E-state index contributed by atoms with van der Waals surface area (Å²) in [7, 11) is 1.67. The van der Waals surface area contributed by atoms with E-state index in [1.54, 1.807) is 13.3 Å². The van der Waals surface area contributed by atoms with Crippen LogP contribution in [0.15, 0.2) is 48.7 Å². The number of ether oxygens (including phenoxy) is 1. The molecule has 4 rings (SSSR count). The van der Waals surface area contributed by atoms with E-state index in [2.05, 4.69) is 22.1 Å². The third kappa shape index (κ3) is 3.05. The maximum absolute atomic E-state index is 12.9. The highest BCUT2D eigenvalue weighted by molar-refractivity contribution is 5.93. The minimum absolute atomic E-state index is 0.0574. The van der Waals surface area contributed by atoms with Gasteiger partial charge in [0.2, 0.25) is 0 Å². The number of benzene rings is 2. The van der Waals surface area contributed by atoms with Crippen LogP contribution < -0.4 is 4.74 Å². The number of nitrogens with zero attached hydrogens (tertiary/aromatic N) is 3. The Morgan fingerprint density at radius 2 is 1.80 bits per heavy atom. The van der Waals surface area contributed by atoms with Crippen LogP contribution in [0.4, 0.5) is 0 Å². The number of fused-ring (bicyclic) bond motifs is 2. The van der Waals surface area contributed by atoms with Gasteiger partial charge in [-0.25, -0.2) is 4.98 Å². The predicted octanol–water partition coefficient (Wildman–Crippen LogP) is 2.88. The summed E-state index contributed by atoms with van der Waals surface area (Å²) in [5, 5.41) is 0. The van der Waals surface area contributed by atoms with Crippen molar-refractivity contribution in [1.29, 1.82) is 0 Å². The fraction of sp³-hybridized carbons (Fsp3) is 0.250. The van der Waals surface area contributed by atoms with Crippen LogP contribution >= 0.6 is 0 Å². The highest BCUT2D eigenvalue weighted by atomic mass is 16.5. The molecule has 1 aromatic heterocycles. The fourth-order valence-electron chi connectivity index (χ4n) is 3.25. The van der Waals surface area contributed by atoms with Crippen LogP contribution in [0.2, 0.25) is 0 Å². The second kappa shape index (κ2) is 6.51. The van der Waals surface area contributed by atoms with Gasteiger partial charge < -0.3 is 9.64 Å². The number of aromatic nitrogens is 2. The molecule has 0 atom stereocenters. The van der Waals surface area contributed by atoms with Crippen molar-refractivity contribution in [3.8, 4) is 5.75 Å². The van der Waals surface area contributed by atoms with E-state index in [1.807, 2.05) is 35.2 Å². The van der Waals surface area contributed by atoms with Crippen molar-refractivity contribution in [2.45, 2.75) is 12.8 Å². The van der Waals surface area contributed by atoms with Crippen LogP contribution in [0, 0.1) is 0 Å². The molecule has 5 nitrogen and oxygen atoms in total. The van der Waals surface area contributed by atoms with Gasteiger partial charge in [0.1, 0.15) is 11.4 Å². The number of para-hydroxylation sites is 2. The van der Waals surface area contributed by atoms with Gasteiger partial charge in [-0.15, -0.1) is 0 Å². The Morgan fingerprint density at radius 1 is 1.04 bits per heavy atom. The van der Waals surface area contributed by atoms with Gasteiger partial charge in [0, 0.05) is 13.1 Å². The summed E-state index contributed by atoms with van der Waals surface area (Å²) in [6.45, 7) is 1.36. The first-order valence-electron chi connectivity index (χ1n) is 8.41. The van der Waals surface area contributed by atoms with Crippen molar-refractivity contribution < 1.29 is 9.53 Å². The number of amides is 1. The quantitative estimate of drug-likeness (QED) is 0.724. The highest BCUT2D eigenvalue weighted by Crippen LogP contribution is 2.22. The van der Waals surface area contributed by atoms with Gasteiger partial charge in [-0.2, -0.15) is 0 Å². The summed E-state index contributed by atoms with van der Waals surface area (Å²) in [6.07, 6.45) is 3.23. The second-order valence-electron chi connectivity index (χ2n) is 6.17. The van der Waals surface area contributed by atoms with Crippen molar-refractivity contribution in [2.75, 3.05) is 20.2 Å². The normalized spacial score (nSPS) is 14.0. The van der Waals surface area contributed by atoms with Crippen molar-refractivity contribution in [3.05, 3.63) is 65.5 Å². The molecule has 3 aromatic rings. The van der Waals surface area contributed by atoms with E-state index in [4.69, 9.17) is 4.74 Å². The number of rotatable bonds is 2. The Morgan fingerprint density at radius 3 is 2.60 bits per heavy atom. The molecule has 0 fully saturated rings. The van der Waals surface area contributed by atoms with Gasteiger partial charge in [0.25, 0.3) is 5.91 Å². The molecular weight excluding hydrogens is 314 g/mol. The van der Waals surface area contributed by atoms with E-state index < -0.39 is 0 Å². The third-order valence-corrected chi connectivity index (χ3v) is 4.67. The van der Waals surface area contributed by atoms with Crippen LogP contribution in [0.1, 0.15) is 21.6 Å². The standard InChI is InChI=1S/C20H19N3O2/c1-25-16-7-6-14-8-10-23(11-9-15(14)12-16)20(24)19-13-21-17-4-2-3-5-18(17)22-19/h2-7,12-13H,8-11H2,1H3. The molecular formula is C20H19N3O2. The number of carbonyl (C=O) groups is 1. The first-order valence-corrected chi connectivity index (χ1v) is 8.41. The zero-order valence-corrected chi connectivity index (χ0v) is 14.1. The maximum Gasteiger partial charge on any atom is 0.274 e. The molecule has 5 heteroatoms. The van der Waals surface area contributed by atoms with Crippen molar-refractivity contribution >= 4 is 16.9 Å². The average molecular weight is 333 g/mol. The van der Waals surface area contributed by atoms with Gasteiger partial charge in [-0.3, -0.25) is 9.78 Å². The van der Waals surface area contributed by atoms with Crippen LogP contribution in [0.5, 0.6) is 5.75 Å². The van der Waals surface area contributed by atoms with E-state index in [9.17, 15) is 4.79 Å². The smallest absolute Gasteiger partial charge is 0.274 e. The molecule has 1 amide bonds. The van der Waals surface area contributed by atoms with E-state index in [-0.39, 0.29) is 5.91 Å². The van der Waals surface area contributed by atoms with Gasteiger partial charge >= 0.3 is 0 Å². The summed E-state index contributed by atoms with van der Waals surface area (Å²) < 4.78 is 5.31. The molecule has 126 valence electrons. The molecule has 0 N–H and O–H groups in total. The Labute approximate surface area is 146 Å². The number of hydrogen-bond donors (Lipinski definition) is 0. The van der Waals surface area contributed by atoms with Crippen molar-refractivity contribution in [3.63, 3.8) is 0 Å². The molecule has 0 saturated heterocycles. The third-order valence-electron chi connectivity index (χ3n) is 4.67. The van der Waals surface area contributed by atoms with Gasteiger partial charge in [-0.05, 0) is 48.2 Å². The largest absolute Gasteiger partial charge is 0.497 e. The Bertz CT molecular complexity index is 939. The Hall–Kier alpha value is -2.95. The zero-order valence-electron chi connectivity index (χ0n) is 14.1. The average Bonchev–Trinajstić information content (AvgIpc) is 2.89. The fourth-order valence-corrected chi connectivity index (χ4v) is 3.25. The van der Waals surface area contributed by atoms with Crippen LogP contribution in [-0.4, -0.2) is 41.0 Å². The maximum atomic E-state index is 12.9. The molecule has 2 heterocycles. The first-order chi connectivity index (χ1) is 12.2. The Kier molecular flexibility index (Phi) is 4.06. The highest BCUT2D eigenvalue weighted by Gasteiger charge is 2.21. The summed E-state index contributed by atoms with van der Waals surface area (Å²) in [4.78, 5) is 23.6. The van der Waals surface area contributed by atoms with E-state index >= 15 is 0 Å². The molecule has 1 aliphatic rings.